The predicted octanol–water partition coefficient (Wildman–Crippen LogP) is 1.30. The lowest BCUT2D eigenvalue weighted by Crippen LogP contribution is -2.47. The Morgan fingerprint density at radius 2 is 1.93 bits per heavy atom. The standard InChI is InChI=1S/C19H25N3O5/c1-5-9-20-19(26)21-15(23)11-27-18(25)16(12(2)3)22-17(24)14-8-6-7-13(4)10-14/h5-8,10,12,16H,1,9,11H2,2-4H3,(H,22,24)(H2,20,21,23,26)/t16-/m0/s1. The summed E-state index contributed by atoms with van der Waals surface area (Å²) in [6, 6.07) is 5.29. The zero-order valence-corrected chi connectivity index (χ0v) is 15.7. The van der Waals surface area contributed by atoms with E-state index in [2.05, 4.69) is 17.2 Å². The first kappa shape index (κ1) is 21.9. The third kappa shape index (κ3) is 7.72. The van der Waals surface area contributed by atoms with Crippen LogP contribution in [0.15, 0.2) is 36.9 Å². The minimum atomic E-state index is -0.930. The number of nitrogens with one attached hydrogen (secondary N) is 3. The van der Waals surface area contributed by atoms with Gasteiger partial charge in [-0.25, -0.2) is 9.59 Å². The van der Waals surface area contributed by atoms with E-state index in [-0.39, 0.29) is 12.5 Å². The van der Waals surface area contributed by atoms with Crippen LogP contribution in [0.1, 0.15) is 29.8 Å². The van der Waals surface area contributed by atoms with Crippen LogP contribution in [0, 0.1) is 12.8 Å². The maximum atomic E-state index is 12.3. The molecule has 0 bridgehead atoms. The van der Waals surface area contributed by atoms with Gasteiger partial charge in [-0.1, -0.05) is 37.6 Å². The lowest BCUT2D eigenvalue weighted by Gasteiger charge is -2.20. The van der Waals surface area contributed by atoms with Crippen LogP contribution < -0.4 is 16.0 Å². The van der Waals surface area contributed by atoms with Gasteiger partial charge in [0.1, 0.15) is 6.04 Å². The highest BCUT2D eigenvalue weighted by Gasteiger charge is 2.27. The second-order valence-corrected chi connectivity index (χ2v) is 6.22. The third-order valence-electron chi connectivity index (χ3n) is 3.49. The van der Waals surface area contributed by atoms with Gasteiger partial charge in [0.25, 0.3) is 11.8 Å². The molecule has 0 aliphatic carbocycles. The number of rotatable bonds is 8. The molecule has 1 aromatic rings. The molecule has 0 spiro atoms. The van der Waals surface area contributed by atoms with Crippen molar-refractivity contribution in [1.82, 2.24) is 16.0 Å². The minimum Gasteiger partial charge on any atom is -0.454 e. The molecule has 0 saturated carbocycles. The molecule has 1 rings (SSSR count). The number of amides is 4. The Labute approximate surface area is 158 Å². The SMILES string of the molecule is C=CCNC(=O)NC(=O)COC(=O)[C@@H](NC(=O)c1cccc(C)c1)C(C)C. The average molecular weight is 375 g/mol. The fraction of sp³-hybridized carbons (Fsp3) is 0.368. The van der Waals surface area contributed by atoms with Crippen LogP contribution in [0.4, 0.5) is 4.79 Å². The molecule has 0 saturated heterocycles. The van der Waals surface area contributed by atoms with E-state index >= 15 is 0 Å². The van der Waals surface area contributed by atoms with Crippen molar-refractivity contribution in [2.75, 3.05) is 13.2 Å². The fourth-order valence-electron chi connectivity index (χ4n) is 2.11. The van der Waals surface area contributed by atoms with E-state index < -0.39 is 36.5 Å². The Kier molecular flexibility index (Phi) is 8.71. The third-order valence-corrected chi connectivity index (χ3v) is 3.49. The molecule has 1 atom stereocenters. The summed E-state index contributed by atoms with van der Waals surface area (Å²) < 4.78 is 4.93. The summed E-state index contributed by atoms with van der Waals surface area (Å²) in [7, 11) is 0. The summed E-state index contributed by atoms with van der Waals surface area (Å²) in [5.74, 6) is -2.21. The zero-order valence-electron chi connectivity index (χ0n) is 15.7. The maximum absolute atomic E-state index is 12.3. The van der Waals surface area contributed by atoms with E-state index in [1.807, 2.05) is 18.3 Å². The molecule has 0 unspecified atom stereocenters. The van der Waals surface area contributed by atoms with Crippen molar-refractivity contribution < 1.29 is 23.9 Å². The molecule has 3 N–H and O–H groups in total. The number of aryl methyl sites for hydroxylation is 1. The number of imide groups is 1. The molecule has 0 aliphatic rings. The quantitative estimate of drug-likeness (QED) is 0.468. The van der Waals surface area contributed by atoms with Gasteiger partial charge in [0.15, 0.2) is 6.61 Å². The van der Waals surface area contributed by atoms with Crippen LogP contribution in [0.25, 0.3) is 0 Å². The number of hydrogen-bond acceptors (Lipinski definition) is 5. The highest BCUT2D eigenvalue weighted by Crippen LogP contribution is 2.08. The van der Waals surface area contributed by atoms with Crippen LogP contribution in [0.3, 0.4) is 0 Å². The normalized spacial score (nSPS) is 11.3. The van der Waals surface area contributed by atoms with E-state index in [1.54, 1.807) is 32.0 Å². The van der Waals surface area contributed by atoms with E-state index in [4.69, 9.17) is 4.74 Å². The molecule has 1 aromatic carbocycles. The number of carbonyl (C=O) groups excluding carboxylic acids is 4. The zero-order chi connectivity index (χ0) is 20.4. The second kappa shape index (κ2) is 10.7. The molecule has 0 heterocycles. The maximum Gasteiger partial charge on any atom is 0.329 e. The Bertz CT molecular complexity index is 715. The summed E-state index contributed by atoms with van der Waals surface area (Å²) in [5, 5.41) is 6.98. The van der Waals surface area contributed by atoms with Crippen LogP contribution in [0.5, 0.6) is 0 Å². The van der Waals surface area contributed by atoms with E-state index in [0.717, 1.165) is 5.56 Å². The van der Waals surface area contributed by atoms with Crippen molar-refractivity contribution in [2.24, 2.45) is 5.92 Å². The summed E-state index contributed by atoms with van der Waals surface area (Å²) in [4.78, 5) is 47.6. The topological polar surface area (TPSA) is 114 Å². The van der Waals surface area contributed by atoms with Crippen molar-refractivity contribution in [3.8, 4) is 0 Å². The van der Waals surface area contributed by atoms with Crippen LogP contribution in [-0.2, 0) is 14.3 Å². The summed E-state index contributed by atoms with van der Waals surface area (Å²) in [6.07, 6.45) is 1.45. The van der Waals surface area contributed by atoms with E-state index in [9.17, 15) is 19.2 Å². The van der Waals surface area contributed by atoms with Gasteiger partial charge in [0.2, 0.25) is 0 Å². The molecule has 0 aliphatic heterocycles. The monoisotopic (exact) mass is 375 g/mol. The van der Waals surface area contributed by atoms with Gasteiger partial charge in [-0.3, -0.25) is 14.9 Å². The number of urea groups is 1. The average Bonchev–Trinajstić information content (AvgIpc) is 2.61. The highest BCUT2D eigenvalue weighted by atomic mass is 16.5. The Balaban J connectivity index is 2.60. The largest absolute Gasteiger partial charge is 0.454 e. The van der Waals surface area contributed by atoms with Gasteiger partial charge in [-0.05, 0) is 25.0 Å². The van der Waals surface area contributed by atoms with Crippen molar-refractivity contribution in [2.45, 2.75) is 26.8 Å². The molecule has 0 radical (unpaired) electrons. The molecule has 146 valence electrons. The van der Waals surface area contributed by atoms with E-state index in [1.165, 1.54) is 6.08 Å². The summed E-state index contributed by atoms with van der Waals surface area (Å²) in [6.45, 7) is 8.32. The highest BCUT2D eigenvalue weighted by molar-refractivity contribution is 5.98. The number of benzene rings is 1. The van der Waals surface area contributed by atoms with Crippen molar-refractivity contribution in [3.63, 3.8) is 0 Å². The molecule has 0 fully saturated rings. The van der Waals surface area contributed by atoms with Gasteiger partial charge >= 0.3 is 12.0 Å². The first-order chi connectivity index (χ1) is 12.7. The lowest BCUT2D eigenvalue weighted by atomic mass is 10.0. The molecule has 4 amide bonds. The molecular formula is C19H25N3O5. The number of hydrogen-bond donors (Lipinski definition) is 3. The number of carbonyl (C=O) groups is 4. The summed E-state index contributed by atoms with van der Waals surface area (Å²) >= 11 is 0. The molecule has 27 heavy (non-hydrogen) atoms. The van der Waals surface area contributed by atoms with Gasteiger partial charge in [-0.15, -0.1) is 6.58 Å². The van der Waals surface area contributed by atoms with Crippen molar-refractivity contribution in [3.05, 3.63) is 48.0 Å². The van der Waals surface area contributed by atoms with Gasteiger partial charge in [-0.2, -0.15) is 0 Å². The first-order valence-electron chi connectivity index (χ1n) is 8.47. The van der Waals surface area contributed by atoms with Crippen molar-refractivity contribution in [1.29, 1.82) is 0 Å². The van der Waals surface area contributed by atoms with Crippen molar-refractivity contribution >= 4 is 23.8 Å². The van der Waals surface area contributed by atoms with E-state index in [0.29, 0.717) is 5.56 Å². The van der Waals surface area contributed by atoms with Gasteiger partial charge < -0.3 is 15.4 Å². The number of esters is 1. The smallest absolute Gasteiger partial charge is 0.329 e. The van der Waals surface area contributed by atoms with Gasteiger partial charge in [0, 0.05) is 12.1 Å². The summed E-state index contributed by atoms with van der Waals surface area (Å²) in [5.41, 5.74) is 1.34. The second-order valence-electron chi connectivity index (χ2n) is 6.22. The van der Waals surface area contributed by atoms with Gasteiger partial charge in [0.05, 0.1) is 0 Å². The first-order valence-corrected chi connectivity index (χ1v) is 8.47. The number of ether oxygens (including phenoxy) is 1. The molecular weight excluding hydrogens is 350 g/mol. The Morgan fingerprint density at radius 1 is 1.22 bits per heavy atom. The molecule has 0 aromatic heterocycles. The Morgan fingerprint density at radius 3 is 2.52 bits per heavy atom. The lowest BCUT2D eigenvalue weighted by molar-refractivity contribution is -0.151. The molecule has 8 heteroatoms. The predicted molar refractivity (Wildman–Crippen MR) is 100.0 cm³/mol. The van der Waals surface area contributed by atoms with Crippen LogP contribution in [-0.4, -0.2) is 43.0 Å². The fourth-order valence-corrected chi connectivity index (χ4v) is 2.11. The van der Waals surface area contributed by atoms with Crippen LogP contribution in [0.2, 0.25) is 0 Å². The minimum absolute atomic E-state index is 0.194. The van der Waals surface area contributed by atoms with Crippen LogP contribution >= 0.6 is 0 Å². The molecule has 8 nitrogen and oxygen atoms in total. The Hall–Kier alpha value is -3.16.